The molecule has 0 aromatic carbocycles. The highest BCUT2D eigenvalue weighted by atomic mass is 19.4. The van der Waals surface area contributed by atoms with Gasteiger partial charge in [0.2, 0.25) is 0 Å². The SMILES string of the molecule is CNc1ccc(N2CCN(CC(=O)O)CC2C(F)(F)F)cn1. The number of hydrogen-bond acceptors (Lipinski definition) is 5. The normalized spacial score (nSPS) is 20.0. The van der Waals surface area contributed by atoms with E-state index in [0.29, 0.717) is 11.5 Å². The van der Waals surface area contributed by atoms with Gasteiger partial charge in [-0.05, 0) is 12.1 Å². The number of aliphatic carboxylic acids is 1. The van der Waals surface area contributed by atoms with E-state index < -0.39 is 24.7 Å². The summed E-state index contributed by atoms with van der Waals surface area (Å²) in [6, 6.07) is 1.43. The second kappa shape index (κ2) is 6.39. The Bertz CT molecular complexity index is 521. The molecular weight excluding hydrogens is 301 g/mol. The second-order valence-corrected chi connectivity index (χ2v) is 5.03. The molecule has 1 aromatic rings. The fraction of sp³-hybridized carbons (Fsp3) is 0.538. The molecule has 2 rings (SSSR count). The van der Waals surface area contributed by atoms with Crippen molar-refractivity contribution < 1.29 is 23.1 Å². The zero-order chi connectivity index (χ0) is 16.3. The largest absolute Gasteiger partial charge is 0.480 e. The number of halogens is 3. The van der Waals surface area contributed by atoms with E-state index in [-0.39, 0.29) is 19.6 Å². The lowest BCUT2D eigenvalue weighted by Gasteiger charge is -2.42. The smallest absolute Gasteiger partial charge is 0.409 e. The van der Waals surface area contributed by atoms with E-state index in [4.69, 9.17) is 5.11 Å². The lowest BCUT2D eigenvalue weighted by atomic mass is 10.1. The number of carbonyl (C=O) groups is 1. The topological polar surface area (TPSA) is 68.7 Å². The molecule has 1 aromatic heterocycles. The van der Waals surface area contributed by atoms with Crippen molar-refractivity contribution in [1.29, 1.82) is 0 Å². The highest BCUT2D eigenvalue weighted by Gasteiger charge is 2.46. The number of carboxylic acid groups (broad SMARTS) is 1. The Labute approximate surface area is 125 Å². The molecule has 6 nitrogen and oxygen atoms in total. The number of carboxylic acids is 1. The molecule has 1 aliphatic heterocycles. The molecule has 1 unspecified atom stereocenters. The molecule has 1 atom stereocenters. The van der Waals surface area contributed by atoms with Crippen LogP contribution < -0.4 is 10.2 Å². The minimum absolute atomic E-state index is 0.0953. The van der Waals surface area contributed by atoms with Crippen LogP contribution in [0.25, 0.3) is 0 Å². The molecule has 0 saturated carbocycles. The van der Waals surface area contributed by atoms with Crippen LogP contribution in [-0.4, -0.2) is 66.4 Å². The van der Waals surface area contributed by atoms with Crippen LogP contribution in [-0.2, 0) is 4.79 Å². The highest BCUT2D eigenvalue weighted by molar-refractivity contribution is 5.69. The van der Waals surface area contributed by atoms with Crippen LogP contribution in [0.2, 0.25) is 0 Å². The van der Waals surface area contributed by atoms with Gasteiger partial charge in [-0.25, -0.2) is 4.98 Å². The molecule has 0 spiro atoms. The number of nitrogens with zero attached hydrogens (tertiary/aromatic N) is 3. The molecule has 9 heteroatoms. The van der Waals surface area contributed by atoms with Gasteiger partial charge in [0.15, 0.2) is 0 Å². The van der Waals surface area contributed by atoms with Crippen LogP contribution >= 0.6 is 0 Å². The number of piperazine rings is 1. The van der Waals surface area contributed by atoms with Gasteiger partial charge in [-0.15, -0.1) is 0 Å². The minimum Gasteiger partial charge on any atom is -0.480 e. The first-order valence-corrected chi connectivity index (χ1v) is 6.72. The predicted molar refractivity (Wildman–Crippen MR) is 75.0 cm³/mol. The third kappa shape index (κ3) is 3.79. The van der Waals surface area contributed by atoms with E-state index in [9.17, 15) is 18.0 Å². The van der Waals surface area contributed by atoms with Gasteiger partial charge in [-0.1, -0.05) is 0 Å². The number of rotatable bonds is 4. The van der Waals surface area contributed by atoms with Crippen molar-refractivity contribution in [1.82, 2.24) is 9.88 Å². The fourth-order valence-corrected chi connectivity index (χ4v) is 2.47. The molecule has 1 saturated heterocycles. The average molecular weight is 318 g/mol. The monoisotopic (exact) mass is 318 g/mol. The Balaban J connectivity index is 2.20. The summed E-state index contributed by atoms with van der Waals surface area (Å²) in [5, 5.41) is 11.5. The second-order valence-electron chi connectivity index (χ2n) is 5.03. The summed E-state index contributed by atoms with van der Waals surface area (Å²) in [6.45, 7) is -0.411. The van der Waals surface area contributed by atoms with Gasteiger partial charge in [-0.3, -0.25) is 9.69 Å². The summed E-state index contributed by atoms with van der Waals surface area (Å²) in [7, 11) is 1.67. The van der Waals surface area contributed by atoms with E-state index in [1.54, 1.807) is 19.2 Å². The summed E-state index contributed by atoms with van der Waals surface area (Å²) < 4.78 is 39.9. The van der Waals surface area contributed by atoms with Crippen molar-refractivity contribution >= 4 is 17.5 Å². The zero-order valence-electron chi connectivity index (χ0n) is 12.0. The van der Waals surface area contributed by atoms with Crippen molar-refractivity contribution in [2.75, 3.05) is 43.4 Å². The van der Waals surface area contributed by atoms with E-state index in [1.807, 2.05) is 0 Å². The third-order valence-electron chi connectivity index (χ3n) is 3.54. The average Bonchev–Trinajstić information content (AvgIpc) is 2.46. The van der Waals surface area contributed by atoms with E-state index in [2.05, 4.69) is 10.3 Å². The highest BCUT2D eigenvalue weighted by Crippen LogP contribution is 2.31. The predicted octanol–water partition coefficient (Wildman–Crippen LogP) is 1.26. The van der Waals surface area contributed by atoms with Crippen molar-refractivity contribution in [3.8, 4) is 0 Å². The van der Waals surface area contributed by atoms with Gasteiger partial charge in [0, 0.05) is 26.7 Å². The minimum atomic E-state index is -4.45. The summed E-state index contributed by atoms with van der Waals surface area (Å²) in [5.41, 5.74) is 0.372. The van der Waals surface area contributed by atoms with Crippen LogP contribution in [0.1, 0.15) is 0 Å². The van der Waals surface area contributed by atoms with Crippen LogP contribution in [0, 0.1) is 0 Å². The van der Waals surface area contributed by atoms with Crippen molar-refractivity contribution in [2.24, 2.45) is 0 Å². The van der Waals surface area contributed by atoms with Gasteiger partial charge in [0.1, 0.15) is 11.9 Å². The van der Waals surface area contributed by atoms with Crippen molar-refractivity contribution in [3.05, 3.63) is 18.3 Å². The Morgan fingerprint density at radius 3 is 2.68 bits per heavy atom. The first-order chi connectivity index (χ1) is 10.3. The molecular formula is C13H17F3N4O2. The Kier molecular flexibility index (Phi) is 4.74. The van der Waals surface area contributed by atoms with Crippen LogP contribution in [0.15, 0.2) is 18.3 Å². The first-order valence-electron chi connectivity index (χ1n) is 6.72. The van der Waals surface area contributed by atoms with E-state index in [1.165, 1.54) is 16.0 Å². The molecule has 2 N–H and O–H groups in total. The van der Waals surface area contributed by atoms with E-state index in [0.717, 1.165) is 0 Å². The van der Waals surface area contributed by atoms with Gasteiger partial charge in [0.05, 0.1) is 18.4 Å². The summed E-state index contributed by atoms with van der Waals surface area (Å²) in [5.74, 6) is -0.564. The number of pyridine rings is 1. The molecule has 0 amide bonds. The summed E-state index contributed by atoms with van der Waals surface area (Å²) >= 11 is 0. The number of nitrogens with one attached hydrogen (secondary N) is 1. The third-order valence-corrected chi connectivity index (χ3v) is 3.54. The zero-order valence-corrected chi connectivity index (χ0v) is 12.0. The van der Waals surface area contributed by atoms with Gasteiger partial charge in [0.25, 0.3) is 0 Å². The van der Waals surface area contributed by atoms with Crippen LogP contribution in [0.5, 0.6) is 0 Å². The lowest BCUT2D eigenvalue weighted by molar-refractivity contribution is -0.159. The number of anilines is 2. The lowest BCUT2D eigenvalue weighted by Crippen LogP contribution is -2.59. The van der Waals surface area contributed by atoms with Gasteiger partial charge >= 0.3 is 12.1 Å². The maximum atomic E-state index is 13.3. The number of alkyl halides is 3. The van der Waals surface area contributed by atoms with Crippen molar-refractivity contribution in [3.63, 3.8) is 0 Å². The molecule has 22 heavy (non-hydrogen) atoms. The van der Waals surface area contributed by atoms with Crippen LogP contribution in [0.4, 0.5) is 24.7 Å². The molecule has 2 heterocycles. The van der Waals surface area contributed by atoms with Gasteiger partial charge in [-0.2, -0.15) is 13.2 Å². The molecule has 1 aliphatic rings. The fourth-order valence-electron chi connectivity index (χ4n) is 2.47. The Hall–Kier alpha value is -2.03. The van der Waals surface area contributed by atoms with Crippen molar-refractivity contribution in [2.45, 2.75) is 12.2 Å². The first kappa shape index (κ1) is 16.3. The molecule has 0 bridgehead atoms. The summed E-state index contributed by atoms with van der Waals surface area (Å²) in [6.07, 6.45) is -3.06. The van der Waals surface area contributed by atoms with Gasteiger partial charge < -0.3 is 15.3 Å². The van der Waals surface area contributed by atoms with Crippen LogP contribution in [0.3, 0.4) is 0 Å². The standard InChI is InChI=1S/C13H17F3N4O2/c1-17-11-3-2-9(6-18-11)20-5-4-19(8-12(21)22)7-10(20)13(14,15)16/h2-3,6,10H,4-5,7-8H2,1H3,(H,17,18)(H,21,22). The summed E-state index contributed by atoms with van der Waals surface area (Å²) in [4.78, 5) is 17.2. The maximum absolute atomic E-state index is 13.3. The van der Waals surface area contributed by atoms with E-state index >= 15 is 0 Å². The molecule has 0 radical (unpaired) electrons. The maximum Gasteiger partial charge on any atom is 0.409 e. The molecule has 122 valence electrons. The Morgan fingerprint density at radius 1 is 1.45 bits per heavy atom. The Morgan fingerprint density at radius 2 is 2.18 bits per heavy atom. The molecule has 0 aliphatic carbocycles. The molecule has 1 fully saturated rings. The number of aromatic nitrogens is 1. The quantitative estimate of drug-likeness (QED) is 0.871. The number of hydrogen-bond donors (Lipinski definition) is 2.